The molecule has 0 saturated carbocycles. The average Bonchev–Trinajstić information content (AvgIpc) is 2.58. The summed E-state index contributed by atoms with van der Waals surface area (Å²) in [4.78, 5) is 30.6. The van der Waals surface area contributed by atoms with Crippen LogP contribution in [0.2, 0.25) is 0 Å². The van der Waals surface area contributed by atoms with Gasteiger partial charge in [-0.05, 0) is 24.7 Å². The van der Waals surface area contributed by atoms with E-state index in [1.165, 1.54) is 12.1 Å². The van der Waals surface area contributed by atoms with E-state index < -0.39 is 17.7 Å². The highest BCUT2D eigenvalue weighted by Crippen LogP contribution is 2.15. The molecule has 9 heteroatoms. The molecule has 0 aromatic heterocycles. The van der Waals surface area contributed by atoms with Crippen LogP contribution in [0, 0.1) is 11.6 Å². The van der Waals surface area contributed by atoms with Crippen molar-refractivity contribution in [2.24, 2.45) is 0 Å². The first-order chi connectivity index (χ1) is 12.4. The molecular weight excluding hydrogens is 378 g/mol. The zero-order valence-corrected chi connectivity index (χ0v) is 16.1. The number of carbonyl (C=O) groups is 2. The Hall–Kier alpha value is -1.77. The molecule has 2 fully saturated rings. The minimum absolute atomic E-state index is 0. The van der Waals surface area contributed by atoms with Gasteiger partial charge in [0.25, 0.3) is 0 Å². The van der Waals surface area contributed by atoms with E-state index in [1.54, 1.807) is 9.80 Å². The van der Waals surface area contributed by atoms with Gasteiger partial charge in [0.1, 0.15) is 11.6 Å². The molecule has 1 aromatic carbocycles. The molecular formula is C18H25ClF2N4O2. The number of rotatable bonds is 4. The standard InChI is InChI=1S/C18H24F2N4O2.ClH/c1-22-4-6-23(7-5-22)17(25)11-16-18(26)24(3-2-21-16)12-13-8-14(19)10-15(20)9-13;/h8-10,16,21H,2-7,11-12H2,1H3;1H. The summed E-state index contributed by atoms with van der Waals surface area (Å²) in [5, 5.41) is 3.09. The lowest BCUT2D eigenvalue weighted by molar-refractivity contribution is -0.142. The summed E-state index contributed by atoms with van der Waals surface area (Å²) in [5.74, 6) is -1.57. The van der Waals surface area contributed by atoms with Crippen molar-refractivity contribution >= 4 is 24.2 Å². The topological polar surface area (TPSA) is 55.9 Å². The maximum absolute atomic E-state index is 13.4. The number of piperazine rings is 2. The molecule has 2 amide bonds. The first kappa shape index (κ1) is 21.5. The number of carbonyl (C=O) groups excluding carboxylic acids is 2. The summed E-state index contributed by atoms with van der Waals surface area (Å²) in [6.45, 7) is 4.11. The smallest absolute Gasteiger partial charge is 0.240 e. The molecule has 150 valence electrons. The number of hydrogen-bond acceptors (Lipinski definition) is 4. The number of halogens is 3. The van der Waals surface area contributed by atoms with Crippen LogP contribution in [-0.4, -0.2) is 78.9 Å². The van der Waals surface area contributed by atoms with Crippen molar-refractivity contribution in [3.63, 3.8) is 0 Å². The van der Waals surface area contributed by atoms with Crippen molar-refractivity contribution in [3.8, 4) is 0 Å². The molecule has 6 nitrogen and oxygen atoms in total. The largest absolute Gasteiger partial charge is 0.340 e. The Morgan fingerprint density at radius 1 is 1.11 bits per heavy atom. The van der Waals surface area contributed by atoms with Crippen LogP contribution < -0.4 is 5.32 Å². The number of benzene rings is 1. The Bertz CT molecular complexity index is 663. The van der Waals surface area contributed by atoms with E-state index in [-0.39, 0.29) is 37.2 Å². The van der Waals surface area contributed by atoms with E-state index in [1.807, 2.05) is 7.05 Å². The lowest BCUT2D eigenvalue weighted by Gasteiger charge is -2.36. The van der Waals surface area contributed by atoms with Crippen molar-refractivity contribution in [2.45, 2.75) is 19.0 Å². The van der Waals surface area contributed by atoms with E-state index in [0.717, 1.165) is 19.2 Å². The first-order valence-electron chi connectivity index (χ1n) is 8.86. The lowest BCUT2D eigenvalue weighted by atomic mass is 10.1. The molecule has 2 heterocycles. The highest BCUT2D eigenvalue weighted by molar-refractivity contribution is 5.89. The number of hydrogen-bond donors (Lipinski definition) is 1. The van der Waals surface area contributed by atoms with Gasteiger partial charge in [0.15, 0.2) is 0 Å². The van der Waals surface area contributed by atoms with Gasteiger partial charge in [-0.3, -0.25) is 9.59 Å². The van der Waals surface area contributed by atoms with Gasteiger partial charge in [-0.2, -0.15) is 0 Å². The van der Waals surface area contributed by atoms with Crippen molar-refractivity contribution in [1.29, 1.82) is 0 Å². The van der Waals surface area contributed by atoms with Crippen molar-refractivity contribution in [3.05, 3.63) is 35.4 Å². The monoisotopic (exact) mass is 402 g/mol. The Labute approximate surface area is 163 Å². The summed E-state index contributed by atoms with van der Waals surface area (Å²) in [5.41, 5.74) is 0.405. The third-order valence-corrected chi connectivity index (χ3v) is 4.91. The zero-order chi connectivity index (χ0) is 18.7. The summed E-state index contributed by atoms with van der Waals surface area (Å²) < 4.78 is 26.7. The fourth-order valence-electron chi connectivity index (χ4n) is 3.39. The molecule has 2 saturated heterocycles. The Morgan fingerprint density at radius 3 is 2.37 bits per heavy atom. The number of amides is 2. The van der Waals surface area contributed by atoms with E-state index in [4.69, 9.17) is 0 Å². The van der Waals surface area contributed by atoms with Crippen LogP contribution in [0.5, 0.6) is 0 Å². The highest BCUT2D eigenvalue weighted by Gasteiger charge is 2.32. The quantitative estimate of drug-likeness (QED) is 0.811. The van der Waals surface area contributed by atoms with Gasteiger partial charge < -0.3 is 20.0 Å². The molecule has 3 rings (SSSR count). The van der Waals surface area contributed by atoms with Gasteiger partial charge in [-0.1, -0.05) is 0 Å². The summed E-state index contributed by atoms with van der Waals surface area (Å²) in [6, 6.07) is 2.67. The Morgan fingerprint density at radius 2 is 1.74 bits per heavy atom. The molecule has 27 heavy (non-hydrogen) atoms. The van der Waals surface area contributed by atoms with Gasteiger partial charge in [0, 0.05) is 51.9 Å². The second kappa shape index (κ2) is 9.43. The summed E-state index contributed by atoms with van der Waals surface area (Å²) >= 11 is 0. The molecule has 0 radical (unpaired) electrons. The maximum Gasteiger partial charge on any atom is 0.240 e. The van der Waals surface area contributed by atoms with Crippen molar-refractivity contribution in [1.82, 2.24) is 20.0 Å². The van der Waals surface area contributed by atoms with Crippen LogP contribution in [0.25, 0.3) is 0 Å². The van der Waals surface area contributed by atoms with E-state index in [9.17, 15) is 18.4 Å². The molecule has 1 unspecified atom stereocenters. The molecule has 2 aliphatic heterocycles. The number of likely N-dealkylation sites (N-methyl/N-ethyl adjacent to an activating group) is 1. The number of nitrogens with one attached hydrogen (secondary N) is 1. The first-order valence-corrected chi connectivity index (χ1v) is 8.86. The Balaban J connectivity index is 0.00000261. The Kier molecular flexibility index (Phi) is 7.52. The van der Waals surface area contributed by atoms with Gasteiger partial charge in [0.05, 0.1) is 12.5 Å². The average molecular weight is 403 g/mol. The molecule has 0 aliphatic carbocycles. The van der Waals surface area contributed by atoms with E-state index in [0.29, 0.717) is 31.7 Å². The van der Waals surface area contributed by atoms with Gasteiger partial charge in [0.2, 0.25) is 11.8 Å². The summed E-state index contributed by atoms with van der Waals surface area (Å²) in [7, 11) is 2.02. The molecule has 0 spiro atoms. The SMILES string of the molecule is CN1CCN(C(=O)CC2NCCN(Cc3cc(F)cc(F)c3)C2=O)CC1.Cl. The maximum atomic E-state index is 13.4. The third kappa shape index (κ3) is 5.60. The van der Waals surface area contributed by atoms with Crippen molar-refractivity contribution < 1.29 is 18.4 Å². The fraction of sp³-hybridized carbons (Fsp3) is 0.556. The second-order valence-electron chi connectivity index (χ2n) is 6.93. The predicted molar refractivity (Wildman–Crippen MR) is 99.5 cm³/mol. The second-order valence-corrected chi connectivity index (χ2v) is 6.93. The van der Waals surface area contributed by atoms with Gasteiger partial charge in [-0.15, -0.1) is 12.4 Å². The van der Waals surface area contributed by atoms with Crippen LogP contribution >= 0.6 is 12.4 Å². The molecule has 1 aromatic rings. The predicted octanol–water partition coefficient (Wildman–Crippen LogP) is 0.851. The van der Waals surface area contributed by atoms with Crippen LogP contribution in [0.1, 0.15) is 12.0 Å². The number of nitrogens with zero attached hydrogens (tertiary/aromatic N) is 3. The normalized spacial score (nSPS) is 21.1. The highest BCUT2D eigenvalue weighted by atomic mass is 35.5. The van der Waals surface area contributed by atoms with Crippen LogP contribution in [-0.2, 0) is 16.1 Å². The minimum atomic E-state index is -0.663. The van der Waals surface area contributed by atoms with Crippen molar-refractivity contribution in [2.75, 3.05) is 46.3 Å². The van der Waals surface area contributed by atoms with E-state index >= 15 is 0 Å². The zero-order valence-electron chi connectivity index (χ0n) is 15.3. The summed E-state index contributed by atoms with van der Waals surface area (Å²) in [6.07, 6.45) is 0.108. The minimum Gasteiger partial charge on any atom is -0.340 e. The lowest BCUT2D eigenvalue weighted by Crippen LogP contribution is -2.57. The van der Waals surface area contributed by atoms with Gasteiger partial charge >= 0.3 is 0 Å². The van der Waals surface area contributed by atoms with Crippen LogP contribution in [0.4, 0.5) is 8.78 Å². The molecule has 1 atom stereocenters. The van der Waals surface area contributed by atoms with Gasteiger partial charge in [-0.25, -0.2) is 8.78 Å². The third-order valence-electron chi connectivity index (χ3n) is 4.91. The van der Waals surface area contributed by atoms with Crippen LogP contribution in [0.15, 0.2) is 18.2 Å². The van der Waals surface area contributed by atoms with Crippen LogP contribution in [0.3, 0.4) is 0 Å². The van der Waals surface area contributed by atoms with E-state index in [2.05, 4.69) is 10.2 Å². The fourth-order valence-corrected chi connectivity index (χ4v) is 3.39. The molecule has 0 bridgehead atoms. The molecule has 1 N–H and O–H groups in total. The molecule has 2 aliphatic rings.